The average molecular weight is 264 g/mol. The maximum Gasteiger partial charge on any atom is 0.140 e. The van der Waals surface area contributed by atoms with E-state index in [2.05, 4.69) is 10.1 Å². The summed E-state index contributed by atoms with van der Waals surface area (Å²) in [6, 6.07) is 7.32. The second-order valence-electron chi connectivity index (χ2n) is 4.28. The number of anilines is 1. The van der Waals surface area contributed by atoms with Gasteiger partial charge in [0.1, 0.15) is 12.2 Å². The van der Waals surface area contributed by atoms with E-state index in [1.165, 1.54) is 6.33 Å². The van der Waals surface area contributed by atoms with Crippen LogP contribution in [-0.2, 0) is 16.6 Å². The van der Waals surface area contributed by atoms with E-state index < -0.39 is 10.8 Å². The molecule has 0 aliphatic heterocycles. The van der Waals surface area contributed by atoms with Crippen LogP contribution >= 0.6 is 0 Å². The fourth-order valence-corrected chi connectivity index (χ4v) is 2.77. The number of aromatic nitrogens is 3. The molecule has 1 unspecified atom stereocenters. The molecule has 1 heterocycles. The molecular formula is C12H16N4OS. The molecule has 0 amide bonds. The molecule has 2 aromatic rings. The van der Waals surface area contributed by atoms with Gasteiger partial charge in [0.05, 0.1) is 16.6 Å². The number of nitrogens with two attached hydrogens (primary N) is 1. The van der Waals surface area contributed by atoms with Crippen LogP contribution in [0.1, 0.15) is 25.7 Å². The van der Waals surface area contributed by atoms with Crippen molar-refractivity contribution in [1.82, 2.24) is 14.8 Å². The average Bonchev–Trinajstić information content (AvgIpc) is 2.77. The molecule has 5 nitrogen and oxygen atoms in total. The standard InChI is InChI=1S/C12H16N4OS/c1-9(2)16-12(14-8-15-16)7-18(17)11-5-3-4-10(13)6-11/h3-6,8-9H,7,13H2,1-2H3. The largest absolute Gasteiger partial charge is 0.399 e. The lowest BCUT2D eigenvalue weighted by Crippen LogP contribution is -2.10. The Morgan fingerprint density at radius 2 is 2.22 bits per heavy atom. The van der Waals surface area contributed by atoms with Crippen LogP contribution in [0.3, 0.4) is 0 Å². The molecule has 18 heavy (non-hydrogen) atoms. The molecule has 0 spiro atoms. The third kappa shape index (κ3) is 2.76. The number of rotatable bonds is 4. The van der Waals surface area contributed by atoms with Crippen LogP contribution in [0.25, 0.3) is 0 Å². The monoisotopic (exact) mass is 264 g/mol. The van der Waals surface area contributed by atoms with Crippen molar-refractivity contribution in [2.24, 2.45) is 0 Å². The zero-order valence-corrected chi connectivity index (χ0v) is 11.2. The van der Waals surface area contributed by atoms with Crippen molar-refractivity contribution >= 4 is 16.5 Å². The van der Waals surface area contributed by atoms with Gasteiger partial charge in [0, 0.05) is 16.6 Å². The van der Waals surface area contributed by atoms with Crippen LogP contribution in [0, 0.1) is 0 Å². The van der Waals surface area contributed by atoms with Gasteiger partial charge >= 0.3 is 0 Å². The number of hydrogen-bond donors (Lipinski definition) is 1. The molecule has 6 heteroatoms. The van der Waals surface area contributed by atoms with E-state index in [1.807, 2.05) is 19.9 Å². The van der Waals surface area contributed by atoms with E-state index in [-0.39, 0.29) is 6.04 Å². The molecule has 0 saturated heterocycles. The summed E-state index contributed by atoms with van der Waals surface area (Å²) >= 11 is 0. The second kappa shape index (κ2) is 5.30. The van der Waals surface area contributed by atoms with Crippen LogP contribution in [0.15, 0.2) is 35.5 Å². The molecule has 0 saturated carbocycles. The molecule has 0 bridgehead atoms. The molecule has 2 N–H and O–H groups in total. The highest BCUT2D eigenvalue weighted by molar-refractivity contribution is 7.84. The predicted molar refractivity (Wildman–Crippen MR) is 71.4 cm³/mol. The first-order valence-corrected chi connectivity index (χ1v) is 7.02. The van der Waals surface area contributed by atoms with E-state index in [0.29, 0.717) is 16.3 Å². The Morgan fingerprint density at radius 3 is 2.89 bits per heavy atom. The van der Waals surface area contributed by atoms with Gasteiger partial charge in [-0.2, -0.15) is 5.10 Å². The fraction of sp³-hybridized carbons (Fsp3) is 0.333. The summed E-state index contributed by atoms with van der Waals surface area (Å²) in [4.78, 5) is 4.87. The van der Waals surface area contributed by atoms with Gasteiger partial charge in [-0.1, -0.05) is 6.07 Å². The maximum atomic E-state index is 12.2. The molecule has 0 radical (unpaired) electrons. The van der Waals surface area contributed by atoms with E-state index >= 15 is 0 Å². The SMILES string of the molecule is CC(C)n1ncnc1CS(=O)c1cccc(N)c1. The van der Waals surface area contributed by atoms with Gasteiger partial charge in [-0.05, 0) is 32.0 Å². The third-order valence-corrected chi connectivity index (χ3v) is 3.82. The summed E-state index contributed by atoms with van der Waals surface area (Å²) in [5.74, 6) is 1.08. The number of nitrogens with zero attached hydrogens (tertiary/aromatic N) is 3. The lowest BCUT2D eigenvalue weighted by molar-refractivity contribution is 0.513. The minimum Gasteiger partial charge on any atom is -0.399 e. The van der Waals surface area contributed by atoms with E-state index in [9.17, 15) is 4.21 Å². The Morgan fingerprint density at radius 1 is 1.44 bits per heavy atom. The Labute approximate surface area is 108 Å². The lowest BCUT2D eigenvalue weighted by atomic mass is 10.3. The fourth-order valence-electron chi connectivity index (χ4n) is 1.67. The van der Waals surface area contributed by atoms with Gasteiger partial charge in [0.25, 0.3) is 0 Å². The molecule has 1 atom stereocenters. The lowest BCUT2D eigenvalue weighted by Gasteiger charge is -2.09. The van der Waals surface area contributed by atoms with Gasteiger partial charge in [0.15, 0.2) is 0 Å². The first-order chi connectivity index (χ1) is 8.58. The summed E-state index contributed by atoms with van der Waals surface area (Å²) < 4.78 is 14.0. The number of benzene rings is 1. The van der Waals surface area contributed by atoms with Crippen LogP contribution in [0.4, 0.5) is 5.69 Å². The summed E-state index contributed by atoms with van der Waals surface area (Å²) in [6.45, 7) is 4.03. The quantitative estimate of drug-likeness (QED) is 0.854. The van der Waals surface area contributed by atoms with Gasteiger partial charge in [-0.3, -0.25) is 4.21 Å². The summed E-state index contributed by atoms with van der Waals surface area (Å²) in [7, 11) is -1.15. The molecule has 1 aromatic carbocycles. The molecule has 96 valence electrons. The highest BCUT2D eigenvalue weighted by atomic mass is 32.2. The van der Waals surface area contributed by atoms with Crippen LogP contribution in [0.5, 0.6) is 0 Å². The highest BCUT2D eigenvalue weighted by Crippen LogP contribution is 2.15. The maximum absolute atomic E-state index is 12.2. The Kier molecular flexibility index (Phi) is 3.76. The second-order valence-corrected chi connectivity index (χ2v) is 5.73. The van der Waals surface area contributed by atoms with Crippen LogP contribution in [0.2, 0.25) is 0 Å². The topological polar surface area (TPSA) is 73.8 Å². The van der Waals surface area contributed by atoms with Crippen molar-refractivity contribution in [2.75, 3.05) is 5.73 Å². The summed E-state index contributed by atoms with van der Waals surface area (Å²) in [6.07, 6.45) is 1.49. The number of hydrogen-bond acceptors (Lipinski definition) is 4. The Hall–Kier alpha value is -1.69. The van der Waals surface area contributed by atoms with E-state index in [4.69, 9.17) is 5.73 Å². The van der Waals surface area contributed by atoms with Crippen molar-refractivity contribution in [2.45, 2.75) is 30.5 Å². The third-order valence-electron chi connectivity index (χ3n) is 2.52. The Balaban J connectivity index is 2.19. The Bertz CT molecular complexity index is 565. The minimum atomic E-state index is -1.15. The first kappa shape index (κ1) is 12.8. The normalized spacial score (nSPS) is 12.8. The van der Waals surface area contributed by atoms with Gasteiger partial charge in [0.2, 0.25) is 0 Å². The zero-order valence-electron chi connectivity index (χ0n) is 10.4. The van der Waals surface area contributed by atoms with Crippen molar-refractivity contribution in [1.29, 1.82) is 0 Å². The van der Waals surface area contributed by atoms with Crippen molar-refractivity contribution in [3.63, 3.8) is 0 Å². The molecule has 1 aromatic heterocycles. The molecule has 0 fully saturated rings. The summed E-state index contributed by atoms with van der Waals surface area (Å²) in [5, 5.41) is 4.13. The molecule has 0 aliphatic carbocycles. The highest BCUT2D eigenvalue weighted by Gasteiger charge is 2.12. The van der Waals surface area contributed by atoms with Gasteiger partial charge in [-0.25, -0.2) is 9.67 Å². The smallest absolute Gasteiger partial charge is 0.140 e. The molecular weight excluding hydrogens is 248 g/mol. The van der Waals surface area contributed by atoms with E-state index in [0.717, 1.165) is 5.82 Å². The van der Waals surface area contributed by atoms with Gasteiger partial charge < -0.3 is 5.73 Å². The minimum absolute atomic E-state index is 0.209. The first-order valence-electron chi connectivity index (χ1n) is 5.70. The van der Waals surface area contributed by atoms with Crippen molar-refractivity contribution < 1.29 is 4.21 Å². The predicted octanol–water partition coefficient (Wildman–Crippen LogP) is 1.75. The van der Waals surface area contributed by atoms with E-state index in [1.54, 1.807) is 22.9 Å². The van der Waals surface area contributed by atoms with Gasteiger partial charge in [-0.15, -0.1) is 0 Å². The zero-order chi connectivity index (χ0) is 13.1. The number of nitrogen functional groups attached to an aromatic ring is 1. The van der Waals surface area contributed by atoms with Crippen LogP contribution in [-0.4, -0.2) is 19.0 Å². The van der Waals surface area contributed by atoms with Crippen molar-refractivity contribution in [3.05, 3.63) is 36.4 Å². The molecule has 0 aliphatic rings. The van der Waals surface area contributed by atoms with Crippen molar-refractivity contribution in [3.8, 4) is 0 Å². The molecule has 2 rings (SSSR count). The van der Waals surface area contributed by atoms with Crippen LogP contribution < -0.4 is 5.73 Å². The summed E-state index contributed by atoms with van der Waals surface area (Å²) in [5.41, 5.74) is 6.30.